The average Bonchev–Trinajstić information content (AvgIpc) is 2.81. The van der Waals surface area contributed by atoms with Crippen LogP contribution in [-0.4, -0.2) is 77.6 Å². The van der Waals surface area contributed by atoms with Gasteiger partial charge in [-0.05, 0) is 29.2 Å². The summed E-state index contributed by atoms with van der Waals surface area (Å²) in [6, 6.07) is 15.0. The van der Waals surface area contributed by atoms with Gasteiger partial charge < -0.3 is 39.4 Å². The van der Waals surface area contributed by atoms with Gasteiger partial charge in [-0.25, -0.2) is 4.79 Å². The molecule has 1 aliphatic rings. The second kappa shape index (κ2) is 11.3. The Hall–Kier alpha value is -2.69. The van der Waals surface area contributed by atoms with Crippen molar-refractivity contribution in [2.24, 2.45) is 0 Å². The standard InChI is InChI=1S/C23H28O9/c1-29-23(28)30-13-18-19(25)20(26)21(27)22(32-18)31-17-5-3-2-4-16(17)12-15-8-6-14(7-9-15)10-11-24/h2-9,18-22,24-27H,10-13H2,1H3/t18-,19-,20+,21-,22+/m1/s1. The lowest BCUT2D eigenvalue weighted by Gasteiger charge is -2.40. The third-order valence-electron chi connectivity index (χ3n) is 5.23. The van der Waals surface area contributed by atoms with Crippen molar-refractivity contribution in [1.82, 2.24) is 0 Å². The van der Waals surface area contributed by atoms with Crippen LogP contribution in [0.15, 0.2) is 48.5 Å². The normalized spacial score (nSPS) is 25.2. The number of hydrogen-bond acceptors (Lipinski definition) is 9. The molecule has 0 radical (unpaired) electrons. The van der Waals surface area contributed by atoms with Crippen LogP contribution in [0.1, 0.15) is 16.7 Å². The summed E-state index contributed by atoms with van der Waals surface area (Å²) < 4.78 is 20.6. The maximum Gasteiger partial charge on any atom is 0.508 e. The topological polar surface area (TPSA) is 135 Å². The minimum Gasteiger partial charge on any atom is -0.462 e. The maximum atomic E-state index is 11.2. The van der Waals surface area contributed by atoms with Crippen molar-refractivity contribution >= 4 is 6.16 Å². The van der Waals surface area contributed by atoms with Crippen molar-refractivity contribution in [3.05, 3.63) is 65.2 Å². The number of methoxy groups -OCH3 is 1. The first-order valence-electron chi connectivity index (χ1n) is 10.3. The molecule has 32 heavy (non-hydrogen) atoms. The summed E-state index contributed by atoms with van der Waals surface area (Å²) in [6.45, 7) is -0.300. The van der Waals surface area contributed by atoms with E-state index >= 15 is 0 Å². The molecule has 174 valence electrons. The minimum absolute atomic E-state index is 0.0892. The van der Waals surface area contributed by atoms with Gasteiger partial charge in [-0.15, -0.1) is 0 Å². The van der Waals surface area contributed by atoms with Crippen molar-refractivity contribution in [3.8, 4) is 5.75 Å². The Morgan fingerprint density at radius 3 is 2.34 bits per heavy atom. The van der Waals surface area contributed by atoms with E-state index in [1.807, 2.05) is 36.4 Å². The summed E-state index contributed by atoms with van der Waals surface area (Å²) in [5.41, 5.74) is 2.88. The summed E-state index contributed by atoms with van der Waals surface area (Å²) in [5.74, 6) is 0.437. The number of aliphatic hydroxyl groups excluding tert-OH is 4. The van der Waals surface area contributed by atoms with E-state index in [0.717, 1.165) is 23.8 Å². The molecule has 3 rings (SSSR count). The van der Waals surface area contributed by atoms with Crippen LogP contribution in [0, 0.1) is 0 Å². The summed E-state index contributed by atoms with van der Waals surface area (Å²) >= 11 is 0. The fraction of sp³-hybridized carbons (Fsp3) is 0.435. The first-order chi connectivity index (χ1) is 15.4. The van der Waals surface area contributed by atoms with Gasteiger partial charge in [0, 0.05) is 13.0 Å². The monoisotopic (exact) mass is 448 g/mol. The van der Waals surface area contributed by atoms with E-state index in [2.05, 4.69) is 4.74 Å². The van der Waals surface area contributed by atoms with Gasteiger partial charge >= 0.3 is 6.16 Å². The highest BCUT2D eigenvalue weighted by molar-refractivity contribution is 5.59. The van der Waals surface area contributed by atoms with Gasteiger partial charge in [-0.2, -0.15) is 0 Å². The van der Waals surface area contributed by atoms with Gasteiger partial charge in [0.25, 0.3) is 0 Å². The maximum absolute atomic E-state index is 11.2. The molecule has 1 aliphatic heterocycles. The number of carbonyl (C=O) groups excluding carboxylic acids is 1. The number of aliphatic hydroxyl groups is 4. The number of rotatable bonds is 8. The van der Waals surface area contributed by atoms with E-state index in [0.29, 0.717) is 18.6 Å². The number of carbonyl (C=O) groups is 1. The number of ether oxygens (including phenoxy) is 4. The largest absolute Gasteiger partial charge is 0.508 e. The van der Waals surface area contributed by atoms with Crippen molar-refractivity contribution in [2.45, 2.75) is 43.5 Å². The molecule has 0 amide bonds. The average molecular weight is 448 g/mol. The molecule has 0 aliphatic carbocycles. The molecular weight excluding hydrogens is 420 g/mol. The molecule has 0 spiro atoms. The Balaban J connectivity index is 1.72. The van der Waals surface area contributed by atoms with Crippen LogP contribution < -0.4 is 4.74 Å². The minimum atomic E-state index is -1.56. The fourth-order valence-corrected chi connectivity index (χ4v) is 3.42. The van der Waals surface area contributed by atoms with Crippen molar-refractivity contribution < 1.29 is 44.2 Å². The van der Waals surface area contributed by atoms with Crippen LogP contribution in [-0.2, 0) is 27.1 Å². The van der Waals surface area contributed by atoms with Crippen LogP contribution in [0.4, 0.5) is 4.79 Å². The molecule has 1 saturated heterocycles. The highest BCUT2D eigenvalue weighted by Gasteiger charge is 2.45. The molecule has 4 N–H and O–H groups in total. The van der Waals surface area contributed by atoms with Gasteiger partial charge in [-0.1, -0.05) is 42.5 Å². The Morgan fingerprint density at radius 1 is 0.969 bits per heavy atom. The van der Waals surface area contributed by atoms with Gasteiger partial charge in [0.1, 0.15) is 36.8 Å². The van der Waals surface area contributed by atoms with E-state index in [-0.39, 0.29) is 13.2 Å². The quantitative estimate of drug-likeness (QED) is 0.432. The number of hydrogen-bond donors (Lipinski definition) is 4. The van der Waals surface area contributed by atoms with Crippen LogP contribution in [0.3, 0.4) is 0 Å². The molecule has 2 aromatic carbocycles. The smallest absolute Gasteiger partial charge is 0.462 e. The molecular formula is C23H28O9. The van der Waals surface area contributed by atoms with Crippen LogP contribution in [0.5, 0.6) is 5.75 Å². The predicted octanol–water partition coefficient (Wildman–Crippen LogP) is 0.782. The summed E-state index contributed by atoms with van der Waals surface area (Å²) in [6.07, 6.45) is -6.83. The number of benzene rings is 2. The lowest BCUT2D eigenvalue weighted by molar-refractivity contribution is -0.277. The van der Waals surface area contributed by atoms with E-state index in [9.17, 15) is 20.1 Å². The summed E-state index contributed by atoms with van der Waals surface area (Å²) in [4.78, 5) is 11.2. The lowest BCUT2D eigenvalue weighted by Crippen LogP contribution is -2.60. The van der Waals surface area contributed by atoms with E-state index < -0.39 is 36.9 Å². The lowest BCUT2D eigenvalue weighted by atomic mass is 9.99. The third-order valence-corrected chi connectivity index (χ3v) is 5.23. The van der Waals surface area contributed by atoms with E-state index in [1.54, 1.807) is 12.1 Å². The molecule has 9 nitrogen and oxygen atoms in total. The Bertz CT molecular complexity index is 870. The molecule has 1 fully saturated rings. The van der Waals surface area contributed by atoms with E-state index in [4.69, 9.17) is 19.3 Å². The van der Waals surface area contributed by atoms with Gasteiger partial charge in [-0.3, -0.25) is 0 Å². The fourth-order valence-electron chi connectivity index (χ4n) is 3.42. The Morgan fingerprint density at radius 2 is 1.66 bits per heavy atom. The van der Waals surface area contributed by atoms with Crippen molar-refractivity contribution in [3.63, 3.8) is 0 Å². The highest BCUT2D eigenvalue weighted by atomic mass is 16.7. The third kappa shape index (κ3) is 5.96. The van der Waals surface area contributed by atoms with Crippen LogP contribution in [0.2, 0.25) is 0 Å². The zero-order valence-electron chi connectivity index (χ0n) is 17.7. The summed E-state index contributed by atoms with van der Waals surface area (Å²) in [7, 11) is 1.14. The second-order valence-corrected chi connectivity index (χ2v) is 7.47. The Labute approximate surface area is 185 Å². The zero-order valence-corrected chi connectivity index (χ0v) is 17.7. The SMILES string of the molecule is COC(=O)OC[C@H]1O[C@H](Oc2ccccc2Cc2ccc(CCO)cc2)[C@H](O)[C@@H](O)[C@@H]1O. The molecule has 0 saturated carbocycles. The van der Waals surface area contributed by atoms with Crippen molar-refractivity contribution in [1.29, 1.82) is 0 Å². The second-order valence-electron chi connectivity index (χ2n) is 7.47. The van der Waals surface area contributed by atoms with Crippen LogP contribution >= 0.6 is 0 Å². The first kappa shape index (κ1) is 24.0. The van der Waals surface area contributed by atoms with Gasteiger partial charge in [0.05, 0.1) is 7.11 Å². The number of para-hydroxylation sites is 1. The molecule has 0 unspecified atom stereocenters. The van der Waals surface area contributed by atoms with Crippen LogP contribution in [0.25, 0.3) is 0 Å². The molecule has 9 heteroatoms. The molecule has 0 aromatic heterocycles. The van der Waals surface area contributed by atoms with Crippen molar-refractivity contribution in [2.75, 3.05) is 20.3 Å². The molecule has 2 aromatic rings. The summed E-state index contributed by atoms with van der Waals surface area (Å²) in [5, 5.41) is 39.8. The van der Waals surface area contributed by atoms with E-state index in [1.165, 1.54) is 0 Å². The zero-order chi connectivity index (χ0) is 23.1. The predicted molar refractivity (Wildman–Crippen MR) is 112 cm³/mol. The van der Waals surface area contributed by atoms with Gasteiger partial charge in [0.2, 0.25) is 6.29 Å². The molecule has 0 bridgehead atoms. The Kier molecular flexibility index (Phi) is 8.43. The molecule has 1 heterocycles. The van der Waals surface area contributed by atoms with Gasteiger partial charge in [0.15, 0.2) is 0 Å². The molecule has 5 atom stereocenters. The first-order valence-corrected chi connectivity index (χ1v) is 10.3. The highest BCUT2D eigenvalue weighted by Crippen LogP contribution is 2.28.